The van der Waals surface area contributed by atoms with Crippen LogP contribution in [0.15, 0.2) is 0 Å². The maximum absolute atomic E-state index is 11.9. The van der Waals surface area contributed by atoms with Crippen molar-refractivity contribution in [1.29, 1.82) is 0 Å². The van der Waals surface area contributed by atoms with Gasteiger partial charge in [-0.05, 0) is 32.6 Å². The quantitative estimate of drug-likeness (QED) is 0.799. The molecule has 2 atom stereocenters. The number of hydrogen-bond donors (Lipinski definition) is 1. The molecule has 1 saturated heterocycles. The summed E-state index contributed by atoms with van der Waals surface area (Å²) in [5, 5.41) is 4.05. The summed E-state index contributed by atoms with van der Waals surface area (Å²) in [7, 11) is 0. The maximum Gasteiger partial charge on any atom is 0.225 e. The lowest BCUT2D eigenvalue weighted by molar-refractivity contribution is -0.127. The second-order valence-electron chi connectivity index (χ2n) is 4.83. The SMILES string of the molecule is CC1CC(C(=O)NC2(CBr)CCC2)CO1. The highest BCUT2D eigenvalue weighted by Crippen LogP contribution is 2.34. The van der Waals surface area contributed by atoms with Crippen LogP contribution in [0.25, 0.3) is 0 Å². The molecule has 0 spiro atoms. The second-order valence-corrected chi connectivity index (χ2v) is 5.39. The van der Waals surface area contributed by atoms with E-state index in [0.29, 0.717) is 6.61 Å². The van der Waals surface area contributed by atoms with E-state index in [9.17, 15) is 4.79 Å². The van der Waals surface area contributed by atoms with Gasteiger partial charge < -0.3 is 10.1 Å². The van der Waals surface area contributed by atoms with E-state index in [4.69, 9.17) is 4.74 Å². The van der Waals surface area contributed by atoms with Gasteiger partial charge in [0.25, 0.3) is 0 Å². The lowest BCUT2D eigenvalue weighted by Crippen LogP contribution is -2.56. The minimum absolute atomic E-state index is 0.0446. The molecule has 0 aromatic heterocycles. The number of carbonyl (C=O) groups excluding carboxylic acids is 1. The molecule has 1 aliphatic carbocycles. The Morgan fingerprint density at radius 1 is 1.60 bits per heavy atom. The summed E-state index contributed by atoms with van der Waals surface area (Å²) >= 11 is 3.49. The number of rotatable bonds is 3. The molecule has 0 aromatic rings. The van der Waals surface area contributed by atoms with E-state index in [1.807, 2.05) is 6.92 Å². The number of ether oxygens (including phenoxy) is 1. The molecule has 4 heteroatoms. The van der Waals surface area contributed by atoms with Gasteiger partial charge in [0.05, 0.1) is 18.6 Å². The van der Waals surface area contributed by atoms with Gasteiger partial charge in [-0.1, -0.05) is 15.9 Å². The fourth-order valence-corrected chi connectivity index (χ4v) is 2.96. The van der Waals surface area contributed by atoms with Gasteiger partial charge >= 0.3 is 0 Å². The van der Waals surface area contributed by atoms with Crippen LogP contribution in [0, 0.1) is 5.92 Å². The summed E-state index contributed by atoms with van der Waals surface area (Å²) in [4.78, 5) is 11.9. The highest BCUT2D eigenvalue weighted by molar-refractivity contribution is 9.09. The molecule has 1 saturated carbocycles. The van der Waals surface area contributed by atoms with Crippen molar-refractivity contribution in [2.45, 2.75) is 44.2 Å². The Morgan fingerprint density at radius 2 is 2.33 bits per heavy atom. The normalized spacial score (nSPS) is 33.5. The monoisotopic (exact) mass is 275 g/mol. The Balaban J connectivity index is 1.86. The van der Waals surface area contributed by atoms with E-state index in [1.165, 1.54) is 6.42 Å². The average molecular weight is 276 g/mol. The minimum atomic E-state index is 0.0446. The molecule has 2 aliphatic rings. The molecule has 2 unspecified atom stereocenters. The predicted octanol–water partition coefficient (Wildman–Crippen LogP) is 1.85. The summed E-state index contributed by atoms with van der Waals surface area (Å²) < 4.78 is 5.41. The molecule has 15 heavy (non-hydrogen) atoms. The third-order valence-corrected chi connectivity index (χ3v) is 4.60. The Kier molecular flexibility index (Phi) is 3.36. The van der Waals surface area contributed by atoms with Gasteiger partial charge in [0, 0.05) is 10.9 Å². The van der Waals surface area contributed by atoms with Crippen molar-refractivity contribution in [1.82, 2.24) is 5.32 Å². The number of halogens is 1. The number of carbonyl (C=O) groups is 1. The first kappa shape index (κ1) is 11.4. The summed E-state index contributed by atoms with van der Waals surface area (Å²) in [5.41, 5.74) is 0.0446. The van der Waals surface area contributed by atoms with Crippen LogP contribution in [0.4, 0.5) is 0 Å². The fraction of sp³-hybridized carbons (Fsp3) is 0.909. The Morgan fingerprint density at radius 3 is 2.73 bits per heavy atom. The van der Waals surface area contributed by atoms with Crippen LogP contribution >= 0.6 is 15.9 Å². The zero-order valence-electron chi connectivity index (χ0n) is 9.09. The van der Waals surface area contributed by atoms with Crippen molar-refractivity contribution < 1.29 is 9.53 Å². The van der Waals surface area contributed by atoms with E-state index >= 15 is 0 Å². The zero-order valence-corrected chi connectivity index (χ0v) is 10.7. The van der Waals surface area contributed by atoms with Gasteiger partial charge in [-0.2, -0.15) is 0 Å². The van der Waals surface area contributed by atoms with Gasteiger partial charge in [-0.3, -0.25) is 4.79 Å². The molecule has 2 rings (SSSR count). The van der Waals surface area contributed by atoms with Crippen molar-refractivity contribution >= 4 is 21.8 Å². The molecule has 1 aliphatic heterocycles. The fourth-order valence-electron chi connectivity index (χ4n) is 2.26. The lowest BCUT2D eigenvalue weighted by atomic mass is 9.78. The number of hydrogen-bond acceptors (Lipinski definition) is 2. The molecule has 86 valence electrons. The van der Waals surface area contributed by atoms with Crippen molar-refractivity contribution in [3.8, 4) is 0 Å². The topological polar surface area (TPSA) is 38.3 Å². The van der Waals surface area contributed by atoms with Gasteiger partial charge in [0.2, 0.25) is 5.91 Å². The molecule has 2 fully saturated rings. The van der Waals surface area contributed by atoms with E-state index in [0.717, 1.165) is 24.6 Å². The van der Waals surface area contributed by atoms with Crippen molar-refractivity contribution in [2.75, 3.05) is 11.9 Å². The van der Waals surface area contributed by atoms with Crippen LogP contribution in [0.5, 0.6) is 0 Å². The summed E-state index contributed by atoms with van der Waals surface area (Å²) in [6, 6.07) is 0. The molecule has 0 bridgehead atoms. The smallest absolute Gasteiger partial charge is 0.225 e. The van der Waals surface area contributed by atoms with Crippen LogP contribution in [0.3, 0.4) is 0 Å². The molecule has 0 aromatic carbocycles. The first-order valence-electron chi connectivity index (χ1n) is 5.65. The Bertz CT molecular complexity index is 247. The van der Waals surface area contributed by atoms with Crippen LogP contribution in [-0.2, 0) is 9.53 Å². The van der Waals surface area contributed by atoms with Gasteiger partial charge in [-0.25, -0.2) is 0 Å². The van der Waals surface area contributed by atoms with Crippen LogP contribution in [0.2, 0.25) is 0 Å². The van der Waals surface area contributed by atoms with Crippen LogP contribution in [0.1, 0.15) is 32.6 Å². The van der Waals surface area contributed by atoms with Crippen molar-refractivity contribution in [3.05, 3.63) is 0 Å². The average Bonchev–Trinajstić information content (AvgIpc) is 2.58. The van der Waals surface area contributed by atoms with E-state index in [2.05, 4.69) is 21.2 Å². The summed E-state index contributed by atoms with van der Waals surface area (Å²) in [6.45, 7) is 2.61. The standard InChI is InChI=1S/C11H18BrNO2/c1-8-5-9(6-15-8)10(14)13-11(7-12)3-2-4-11/h8-9H,2-7H2,1H3,(H,13,14). The zero-order chi connectivity index (χ0) is 10.9. The molecular formula is C11H18BrNO2. The Hall–Kier alpha value is -0.0900. The minimum Gasteiger partial charge on any atom is -0.378 e. The van der Waals surface area contributed by atoms with E-state index in [-0.39, 0.29) is 23.5 Å². The number of alkyl halides is 1. The third kappa shape index (κ3) is 2.36. The number of nitrogens with one attached hydrogen (secondary N) is 1. The second kappa shape index (κ2) is 4.42. The molecule has 3 nitrogen and oxygen atoms in total. The Labute approximate surface area is 99.1 Å². The highest BCUT2D eigenvalue weighted by Gasteiger charge is 2.39. The highest BCUT2D eigenvalue weighted by atomic mass is 79.9. The molecule has 1 amide bonds. The molecule has 1 heterocycles. The van der Waals surface area contributed by atoms with E-state index < -0.39 is 0 Å². The van der Waals surface area contributed by atoms with E-state index in [1.54, 1.807) is 0 Å². The van der Waals surface area contributed by atoms with Gasteiger partial charge in [0.1, 0.15) is 0 Å². The lowest BCUT2D eigenvalue weighted by Gasteiger charge is -2.41. The van der Waals surface area contributed by atoms with Crippen molar-refractivity contribution in [3.63, 3.8) is 0 Å². The summed E-state index contributed by atoms with van der Waals surface area (Å²) in [6.07, 6.45) is 4.54. The number of amides is 1. The van der Waals surface area contributed by atoms with Gasteiger partial charge in [0.15, 0.2) is 0 Å². The molecule has 1 N–H and O–H groups in total. The third-order valence-electron chi connectivity index (χ3n) is 3.52. The van der Waals surface area contributed by atoms with Gasteiger partial charge in [-0.15, -0.1) is 0 Å². The summed E-state index contributed by atoms with van der Waals surface area (Å²) in [5.74, 6) is 0.245. The molecular weight excluding hydrogens is 258 g/mol. The van der Waals surface area contributed by atoms with Crippen LogP contribution in [-0.4, -0.2) is 29.5 Å². The first-order valence-corrected chi connectivity index (χ1v) is 6.77. The van der Waals surface area contributed by atoms with Crippen LogP contribution < -0.4 is 5.32 Å². The predicted molar refractivity (Wildman–Crippen MR) is 62.0 cm³/mol. The largest absolute Gasteiger partial charge is 0.378 e. The first-order chi connectivity index (χ1) is 7.15. The molecule has 0 radical (unpaired) electrons. The van der Waals surface area contributed by atoms with Crippen molar-refractivity contribution in [2.24, 2.45) is 5.92 Å². The maximum atomic E-state index is 11.9.